The van der Waals surface area contributed by atoms with Crippen LogP contribution in [-0.2, 0) is 14.3 Å². The average molecular weight is 247 g/mol. The summed E-state index contributed by atoms with van der Waals surface area (Å²) in [6.07, 6.45) is -0.276. The lowest BCUT2D eigenvalue weighted by Gasteiger charge is -2.36. The Morgan fingerprint density at radius 1 is 1.33 bits per heavy atom. The molecule has 2 aliphatic heterocycles. The zero-order chi connectivity index (χ0) is 12.5. The third-order valence-electron chi connectivity index (χ3n) is 3.30. The molecule has 0 aliphatic carbocycles. The first-order valence-electron chi connectivity index (χ1n) is 6.04. The Morgan fingerprint density at radius 2 is 2.17 bits per heavy atom. The van der Waals surface area contributed by atoms with E-state index < -0.39 is 6.04 Å². The summed E-state index contributed by atoms with van der Waals surface area (Å²) in [4.78, 5) is 13.9. The number of nitrogens with zero attached hydrogens (tertiary/aromatic N) is 2. The molecule has 1 radical (unpaired) electrons. The fraction of sp³-hybridized carbons (Fsp3) is 0.462. The molecule has 1 aromatic carbocycles. The second kappa shape index (κ2) is 4.59. The van der Waals surface area contributed by atoms with Crippen LogP contribution in [0.25, 0.3) is 0 Å². The summed E-state index contributed by atoms with van der Waals surface area (Å²) in [5, 5.41) is 4.50. The van der Waals surface area contributed by atoms with Crippen molar-refractivity contribution in [3.63, 3.8) is 0 Å². The summed E-state index contributed by atoms with van der Waals surface area (Å²) in [6.45, 7) is 1.54. The zero-order valence-electron chi connectivity index (χ0n) is 10.2. The molecule has 0 N–H and O–H groups in total. The largest absolute Gasteiger partial charge is 0.376 e. The second-order valence-corrected chi connectivity index (χ2v) is 4.44. The number of para-hydroxylation sites is 2. The molecule has 2 atom stereocenters. The first kappa shape index (κ1) is 11.5. The van der Waals surface area contributed by atoms with Crippen molar-refractivity contribution in [3.8, 4) is 0 Å². The molecule has 18 heavy (non-hydrogen) atoms. The van der Waals surface area contributed by atoms with Gasteiger partial charge in [0, 0.05) is 7.05 Å². The van der Waals surface area contributed by atoms with Gasteiger partial charge >= 0.3 is 0 Å². The number of fused-ring (bicyclic) bond motifs is 1. The van der Waals surface area contributed by atoms with Crippen molar-refractivity contribution < 1.29 is 14.3 Å². The Hall–Kier alpha value is -1.59. The molecule has 0 spiro atoms. The smallest absolute Gasteiger partial charge is 0.254 e. The molecule has 1 amide bonds. The fourth-order valence-corrected chi connectivity index (χ4v) is 2.31. The number of hydrogen-bond acceptors (Lipinski definition) is 3. The Balaban J connectivity index is 1.88. The van der Waals surface area contributed by atoms with Crippen molar-refractivity contribution in [2.75, 3.05) is 31.8 Å². The van der Waals surface area contributed by atoms with E-state index in [9.17, 15) is 4.79 Å². The number of hydrogen-bond donors (Lipinski definition) is 0. The summed E-state index contributed by atoms with van der Waals surface area (Å²) in [5.74, 6) is -0.0378. The fourth-order valence-electron chi connectivity index (χ4n) is 2.31. The molecule has 1 saturated heterocycles. The van der Waals surface area contributed by atoms with Gasteiger partial charge in [0.25, 0.3) is 5.91 Å². The van der Waals surface area contributed by atoms with Crippen molar-refractivity contribution in [2.24, 2.45) is 0 Å². The highest BCUT2D eigenvalue weighted by atomic mass is 16.6. The highest BCUT2D eigenvalue weighted by molar-refractivity contribution is 6.02. The molecule has 2 aliphatic rings. The minimum atomic E-state index is -0.495. The van der Waals surface area contributed by atoms with Crippen molar-refractivity contribution in [1.29, 1.82) is 0 Å². The Morgan fingerprint density at radius 3 is 2.94 bits per heavy atom. The van der Waals surface area contributed by atoms with E-state index in [0.29, 0.717) is 19.8 Å². The number of likely N-dealkylation sites (N-methyl/N-ethyl adjacent to an activating group) is 1. The molecule has 1 fully saturated rings. The SMILES string of the molecule is CN1C(=O)C(C2COCCO2)[N]c2ccccc21. The van der Waals surface area contributed by atoms with Crippen LogP contribution in [0.1, 0.15) is 0 Å². The van der Waals surface area contributed by atoms with E-state index in [-0.39, 0.29) is 12.0 Å². The first-order valence-corrected chi connectivity index (χ1v) is 6.04. The molecule has 2 heterocycles. The first-order chi connectivity index (χ1) is 8.77. The van der Waals surface area contributed by atoms with Gasteiger partial charge in [0.2, 0.25) is 0 Å². The molecule has 0 aromatic heterocycles. The Bertz CT molecular complexity index is 457. The summed E-state index contributed by atoms with van der Waals surface area (Å²) in [7, 11) is 1.77. The van der Waals surface area contributed by atoms with Crippen LogP contribution >= 0.6 is 0 Å². The van der Waals surface area contributed by atoms with Gasteiger partial charge in [-0.05, 0) is 12.1 Å². The molecule has 1 aromatic rings. The summed E-state index contributed by atoms with van der Waals surface area (Å²) in [5.41, 5.74) is 1.68. The molecule has 0 saturated carbocycles. The third-order valence-corrected chi connectivity index (χ3v) is 3.30. The summed E-state index contributed by atoms with van der Waals surface area (Å²) >= 11 is 0. The third kappa shape index (κ3) is 1.85. The normalized spacial score (nSPS) is 27.6. The van der Waals surface area contributed by atoms with E-state index in [1.165, 1.54) is 0 Å². The molecule has 5 heteroatoms. The van der Waals surface area contributed by atoms with Gasteiger partial charge in [-0.25, -0.2) is 0 Å². The molecule has 2 unspecified atom stereocenters. The van der Waals surface area contributed by atoms with Gasteiger partial charge in [-0.2, -0.15) is 0 Å². The van der Waals surface area contributed by atoms with Gasteiger partial charge in [-0.3, -0.25) is 10.1 Å². The molecule has 5 nitrogen and oxygen atoms in total. The van der Waals surface area contributed by atoms with Crippen molar-refractivity contribution in [1.82, 2.24) is 5.32 Å². The topological polar surface area (TPSA) is 52.9 Å². The van der Waals surface area contributed by atoms with Crippen LogP contribution in [0.15, 0.2) is 24.3 Å². The van der Waals surface area contributed by atoms with Gasteiger partial charge in [0.05, 0.1) is 31.2 Å². The predicted molar refractivity (Wildman–Crippen MR) is 66.0 cm³/mol. The number of ether oxygens (including phenoxy) is 2. The van der Waals surface area contributed by atoms with E-state index in [0.717, 1.165) is 11.4 Å². The number of carbonyl (C=O) groups is 1. The van der Waals surface area contributed by atoms with Crippen molar-refractivity contribution >= 4 is 17.3 Å². The minimum Gasteiger partial charge on any atom is -0.376 e. The van der Waals surface area contributed by atoms with E-state index in [4.69, 9.17) is 9.47 Å². The van der Waals surface area contributed by atoms with Crippen LogP contribution in [0.2, 0.25) is 0 Å². The van der Waals surface area contributed by atoms with Crippen LogP contribution in [0.4, 0.5) is 11.4 Å². The van der Waals surface area contributed by atoms with E-state index in [1.54, 1.807) is 11.9 Å². The standard InChI is InChI=1S/C13H15N2O3/c1-15-10-5-3-2-4-9(10)14-12(13(15)16)11-8-17-6-7-18-11/h2-5,11-12H,6-8H2,1H3. The van der Waals surface area contributed by atoms with Crippen molar-refractivity contribution in [3.05, 3.63) is 24.3 Å². The van der Waals surface area contributed by atoms with Gasteiger partial charge in [0.1, 0.15) is 6.10 Å². The molecule has 95 valence electrons. The van der Waals surface area contributed by atoms with E-state index in [2.05, 4.69) is 5.32 Å². The lowest BCUT2D eigenvalue weighted by Crippen LogP contribution is -2.54. The number of carbonyl (C=O) groups excluding carboxylic acids is 1. The summed E-state index contributed by atoms with van der Waals surface area (Å²) in [6, 6.07) is 7.13. The Labute approximate surface area is 106 Å². The number of anilines is 1. The Kier molecular flexibility index (Phi) is 2.93. The maximum absolute atomic E-state index is 12.3. The van der Waals surface area contributed by atoms with Gasteiger partial charge in [0.15, 0.2) is 6.04 Å². The lowest BCUT2D eigenvalue weighted by molar-refractivity contribution is -0.134. The highest BCUT2D eigenvalue weighted by Crippen LogP contribution is 2.31. The monoisotopic (exact) mass is 247 g/mol. The van der Waals surface area contributed by atoms with Gasteiger partial charge < -0.3 is 14.4 Å². The minimum absolute atomic E-state index is 0.0378. The molecule has 3 rings (SSSR count). The van der Waals surface area contributed by atoms with Crippen LogP contribution in [0.5, 0.6) is 0 Å². The van der Waals surface area contributed by atoms with E-state index in [1.807, 2.05) is 24.3 Å². The van der Waals surface area contributed by atoms with Crippen LogP contribution in [-0.4, -0.2) is 44.9 Å². The second-order valence-electron chi connectivity index (χ2n) is 4.44. The van der Waals surface area contributed by atoms with E-state index >= 15 is 0 Å². The number of amides is 1. The van der Waals surface area contributed by atoms with Crippen LogP contribution < -0.4 is 10.2 Å². The van der Waals surface area contributed by atoms with Gasteiger partial charge in [-0.15, -0.1) is 0 Å². The maximum atomic E-state index is 12.3. The number of rotatable bonds is 1. The van der Waals surface area contributed by atoms with Crippen LogP contribution in [0.3, 0.4) is 0 Å². The maximum Gasteiger partial charge on any atom is 0.254 e. The lowest BCUT2D eigenvalue weighted by atomic mass is 10.0. The molecular weight excluding hydrogens is 232 g/mol. The number of benzene rings is 1. The van der Waals surface area contributed by atoms with Crippen LogP contribution in [0, 0.1) is 0 Å². The van der Waals surface area contributed by atoms with Gasteiger partial charge in [-0.1, -0.05) is 12.1 Å². The van der Waals surface area contributed by atoms with Crippen molar-refractivity contribution in [2.45, 2.75) is 12.1 Å². The molecule has 0 bridgehead atoms. The zero-order valence-corrected chi connectivity index (χ0v) is 10.2. The molecular formula is C13H15N2O3. The highest BCUT2D eigenvalue weighted by Gasteiger charge is 2.38. The summed E-state index contributed by atoms with van der Waals surface area (Å²) < 4.78 is 10.9. The average Bonchev–Trinajstić information content (AvgIpc) is 2.44. The predicted octanol–water partition coefficient (Wildman–Crippen LogP) is 0.683. The quantitative estimate of drug-likeness (QED) is 0.733.